The van der Waals surface area contributed by atoms with E-state index >= 15 is 0 Å². The molecule has 39 heavy (non-hydrogen) atoms. The highest BCUT2D eigenvalue weighted by Gasteiger charge is 2.19. The predicted molar refractivity (Wildman–Crippen MR) is 157 cm³/mol. The molecule has 0 aliphatic heterocycles. The summed E-state index contributed by atoms with van der Waals surface area (Å²) in [6, 6.07) is 27.7. The third-order valence-corrected chi connectivity index (χ3v) is 7.21. The Labute approximate surface area is 239 Å². The van der Waals surface area contributed by atoms with Gasteiger partial charge in [0.2, 0.25) is 0 Å². The summed E-state index contributed by atoms with van der Waals surface area (Å²) in [5.41, 5.74) is 3.37. The van der Waals surface area contributed by atoms with Gasteiger partial charge in [0.25, 0.3) is 11.8 Å². The van der Waals surface area contributed by atoms with Crippen LogP contribution in [0.4, 0.5) is 0 Å². The average Bonchev–Trinajstić information content (AvgIpc) is 3.63. The molecule has 2 heterocycles. The lowest BCUT2D eigenvalue weighted by Gasteiger charge is -2.12. The molecule has 6 nitrogen and oxygen atoms in total. The highest BCUT2D eigenvalue weighted by molar-refractivity contribution is 7.13. The minimum absolute atomic E-state index is 0.0485. The van der Waals surface area contributed by atoms with Gasteiger partial charge in [-0.25, -0.2) is 4.68 Å². The molecular weight excluding hydrogens is 551 g/mol. The molecule has 5 aromatic rings. The third-order valence-electron chi connectivity index (χ3n) is 5.78. The van der Waals surface area contributed by atoms with E-state index in [1.807, 2.05) is 84.4 Å². The zero-order chi connectivity index (χ0) is 27.2. The van der Waals surface area contributed by atoms with Crippen molar-refractivity contribution in [3.05, 3.63) is 135 Å². The van der Waals surface area contributed by atoms with E-state index in [0.29, 0.717) is 16.3 Å². The molecule has 9 heteroatoms. The fourth-order valence-electron chi connectivity index (χ4n) is 3.86. The summed E-state index contributed by atoms with van der Waals surface area (Å²) in [5, 5.41) is 13.0. The second kappa shape index (κ2) is 12.1. The standard InChI is InChI=1S/C30H22Cl2N4O2S/c31-22-13-14-24(25(32)17-22)29(37)34-26(30(38)33-18-20-8-3-1-4-9-20)16-21-19-36(23-10-5-2-6-11-23)35-28(21)27-12-7-15-39-27/h1-17,19H,18H2,(H,33,38)(H,34,37). The Balaban J connectivity index is 1.53. The summed E-state index contributed by atoms with van der Waals surface area (Å²) in [4.78, 5) is 27.6. The van der Waals surface area contributed by atoms with Gasteiger partial charge < -0.3 is 10.6 Å². The molecule has 0 bridgehead atoms. The fraction of sp³-hybridized carbons (Fsp3) is 0.0333. The number of benzene rings is 3. The monoisotopic (exact) mass is 572 g/mol. The van der Waals surface area contributed by atoms with Crippen LogP contribution in [0.2, 0.25) is 10.0 Å². The predicted octanol–water partition coefficient (Wildman–Crippen LogP) is 6.99. The van der Waals surface area contributed by atoms with Crippen molar-refractivity contribution < 1.29 is 9.59 Å². The molecule has 0 saturated heterocycles. The van der Waals surface area contributed by atoms with Gasteiger partial charge in [0.1, 0.15) is 11.4 Å². The van der Waals surface area contributed by atoms with Crippen molar-refractivity contribution >= 4 is 52.4 Å². The van der Waals surface area contributed by atoms with Crippen LogP contribution < -0.4 is 10.6 Å². The van der Waals surface area contributed by atoms with Crippen molar-refractivity contribution in [2.24, 2.45) is 0 Å². The van der Waals surface area contributed by atoms with Crippen LogP contribution in [0.5, 0.6) is 0 Å². The van der Waals surface area contributed by atoms with Crippen LogP contribution in [0, 0.1) is 0 Å². The Bertz CT molecular complexity index is 1630. The van der Waals surface area contributed by atoms with Crippen LogP contribution in [-0.4, -0.2) is 21.6 Å². The zero-order valence-electron chi connectivity index (χ0n) is 20.5. The number of rotatable bonds is 8. The molecule has 0 radical (unpaired) electrons. The first-order chi connectivity index (χ1) is 19.0. The molecule has 0 unspecified atom stereocenters. The number of carbonyl (C=O) groups is 2. The summed E-state index contributed by atoms with van der Waals surface area (Å²) in [6.45, 7) is 0.287. The Kier molecular flexibility index (Phi) is 8.22. The Morgan fingerprint density at radius 3 is 2.36 bits per heavy atom. The number of carbonyl (C=O) groups excluding carboxylic acids is 2. The summed E-state index contributed by atoms with van der Waals surface area (Å²) < 4.78 is 1.75. The highest BCUT2D eigenvalue weighted by atomic mass is 35.5. The Morgan fingerprint density at radius 2 is 1.67 bits per heavy atom. The van der Waals surface area contributed by atoms with Crippen molar-refractivity contribution in [2.45, 2.75) is 6.54 Å². The maximum Gasteiger partial charge on any atom is 0.268 e. The van der Waals surface area contributed by atoms with Gasteiger partial charge in [-0.05, 0) is 53.4 Å². The summed E-state index contributed by atoms with van der Waals surface area (Å²) in [7, 11) is 0. The van der Waals surface area contributed by atoms with Gasteiger partial charge in [-0.2, -0.15) is 5.10 Å². The molecule has 0 fully saturated rings. The lowest BCUT2D eigenvalue weighted by atomic mass is 10.1. The lowest BCUT2D eigenvalue weighted by Crippen LogP contribution is -2.34. The number of hydrogen-bond acceptors (Lipinski definition) is 4. The van der Waals surface area contributed by atoms with E-state index in [0.717, 1.165) is 16.1 Å². The van der Waals surface area contributed by atoms with E-state index in [1.54, 1.807) is 16.8 Å². The number of nitrogens with zero attached hydrogens (tertiary/aromatic N) is 2. The van der Waals surface area contributed by atoms with E-state index < -0.39 is 11.8 Å². The molecule has 0 aliphatic rings. The van der Waals surface area contributed by atoms with Crippen LogP contribution in [0.25, 0.3) is 22.3 Å². The van der Waals surface area contributed by atoms with Crippen molar-refractivity contribution in [1.29, 1.82) is 0 Å². The Hall–Kier alpha value is -4.17. The number of hydrogen-bond donors (Lipinski definition) is 2. The first kappa shape index (κ1) is 26.4. The largest absolute Gasteiger partial charge is 0.347 e. The van der Waals surface area contributed by atoms with Gasteiger partial charge in [0.05, 0.1) is 21.2 Å². The smallest absolute Gasteiger partial charge is 0.268 e. The molecule has 2 amide bonds. The van der Waals surface area contributed by atoms with Crippen molar-refractivity contribution in [3.8, 4) is 16.3 Å². The fourth-order valence-corrected chi connectivity index (χ4v) is 5.09. The van der Waals surface area contributed by atoms with E-state index in [-0.39, 0.29) is 22.8 Å². The minimum atomic E-state index is -0.536. The number of thiophene rings is 1. The summed E-state index contributed by atoms with van der Waals surface area (Å²) in [5.74, 6) is -0.993. The highest BCUT2D eigenvalue weighted by Crippen LogP contribution is 2.29. The molecule has 0 saturated carbocycles. The molecular formula is C30H22Cl2N4O2S. The van der Waals surface area contributed by atoms with E-state index in [1.165, 1.54) is 23.5 Å². The summed E-state index contributed by atoms with van der Waals surface area (Å²) >= 11 is 13.8. The van der Waals surface area contributed by atoms with Crippen molar-refractivity contribution in [1.82, 2.24) is 20.4 Å². The SMILES string of the molecule is O=C(NCc1ccccc1)C(=Cc1cn(-c2ccccc2)nc1-c1cccs1)NC(=O)c1ccc(Cl)cc1Cl. The molecule has 2 aromatic heterocycles. The van der Waals surface area contributed by atoms with Gasteiger partial charge in [-0.15, -0.1) is 11.3 Å². The minimum Gasteiger partial charge on any atom is -0.347 e. The van der Waals surface area contributed by atoms with Gasteiger partial charge in [-0.1, -0.05) is 77.8 Å². The first-order valence-electron chi connectivity index (χ1n) is 12.0. The van der Waals surface area contributed by atoms with Gasteiger partial charge >= 0.3 is 0 Å². The van der Waals surface area contributed by atoms with Crippen LogP contribution in [-0.2, 0) is 11.3 Å². The van der Waals surface area contributed by atoms with Gasteiger partial charge in [0.15, 0.2) is 0 Å². The lowest BCUT2D eigenvalue weighted by molar-refractivity contribution is -0.117. The molecule has 194 valence electrons. The van der Waals surface area contributed by atoms with E-state index in [9.17, 15) is 9.59 Å². The second-order valence-corrected chi connectivity index (χ2v) is 10.3. The average molecular weight is 574 g/mol. The molecule has 5 rings (SSSR count). The molecule has 3 aromatic carbocycles. The number of amides is 2. The van der Waals surface area contributed by atoms with Crippen LogP contribution >= 0.6 is 34.5 Å². The zero-order valence-corrected chi connectivity index (χ0v) is 22.8. The number of nitrogens with one attached hydrogen (secondary N) is 2. The van der Waals surface area contributed by atoms with Crippen LogP contribution in [0.3, 0.4) is 0 Å². The third kappa shape index (κ3) is 6.46. The molecule has 0 aliphatic carbocycles. The quantitative estimate of drug-likeness (QED) is 0.197. The van der Waals surface area contributed by atoms with Gasteiger partial charge in [0, 0.05) is 23.3 Å². The summed E-state index contributed by atoms with van der Waals surface area (Å²) in [6.07, 6.45) is 3.46. The van der Waals surface area contributed by atoms with Gasteiger partial charge in [-0.3, -0.25) is 9.59 Å². The van der Waals surface area contributed by atoms with Crippen molar-refractivity contribution in [3.63, 3.8) is 0 Å². The molecule has 0 spiro atoms. The number of aromatic nitrogens is 2. The normalized spacial score (nSPS) is 11.3. The first-order valence-corrected chi connectivity index (χ1v) is 13.6. The maximum absolute atomic E-state index is 13.4. The number of halogens is 2. The maximum atomic E-state index is 13.4. The van der Waals surface area contributed by atoms with E-state index in [4.69, 9.17) is 28.3 Å². The second-order valence-electron chi connectivity index (χ2n) is 8.50. The van der Waals surface area contributed by atoms with E-state index in [2.05, 4.69) is 10.6 Å². The van der Waals surface area contributed by atoms with Crippen LogP contribution in [0.1, 0.15) is 21.5 Å². The number of para-hydroxylation sites is 1. The van der Waals surface area contributed by atoms with Crippen LogP contribution in [0.15, 0.2) is 108 Å². The topological polar surface area (TPSA) is 76.0 Å². The van der Waals surface area contributed by atoms with Crippen molar-refractivity contribution in [2.75, 3.05) is 0 Å². The molecule has 0 atom stereocenters. The molecule has 2 N–H and O–H groups in total. The Morgan fingerprint density at radius 1 is 0.923 bits per heavy atom.